The number of nitrogen functional groups attached to an aromatic ring is 1. The van der Waals surface area contributed by atoms with Crippen molar-refractivity contribution < 1.29 is 8.42 Å². The molecule has 0 unspecified atom stereocenters. The number of rotatable bonds is 3. The smallest absolute Gasteiger partial charge is 0.292 e. The van der Waals surface area contributed by atoms with Crippen molar-refractivity contribution >= 4 is 48.2 Å². The van der Waals surface area contributed by atoms with Crippen molar-refractivity contribution in [1.82, 2.24) is 15.2 Å². The molecule has 10 heteroatoms. The molecule has 0 aliphatic heterocycles. The number of sulfonamides is 1. The van der Waals surface area contributed by atoms with Crippen LogP contribution < -0.4 is 10.5 Å². The van der Waals surface area contributed by atoms with Gasteiger partial charge in [0.2, 0.25) is 5.13 Å². The fourth-order valence-corrected chi connectivity index (χ4v) is 3.46. The molecule has 0 fully saturated rings. The van der Waals surface area contributed by atoms with Crippen molar-refractivity contribution in [3.8, 4) is 0 Å². The summed E-state index contributed by atoms with van der Waals surface area (Å²) in [6.07, 6.45) is 1.50. The summed E-state index contributed by atoms with van der Waals surface area (Å²) in [5, 5.41) is 7.04. The van der Waals surface area contributed by atoms with Gasteiger partial charge in [0.05, 0.1) is 0 Å². The highest BCUT2D eigenvalue weighted by Gasteiger charge is 2.21. The first-order valence-corrected chi connectivity index (χ1v) is 7.72. The Hall–Kier alpha value is -1.26. The number of aryl methyl sites for hydroxylation is 1. The normalized spacial score (nSPS) is 11.4. The van der Waals surface area contributed by atoms with Crippen LogP contribution in [0, 0.1) is 6.92 Å². The molecule has 3 N–H and O–H groups in total. The third kappa shape index (κ3) is 2.76. The minimum absolute atomic E-state index is 0.0934. The van der Waals surface area contributed by atoms with Gasteiger partial charge in [-0.25, -0.2) is 4.98 Å². The van der Waals surface area contributed by atoms with E-state index in [-0.39, 0.29) is 15.3 Å². The predicted molar refractivity (Wildman–Crippen MR) is 71.8 cm³/mol. The lowest BCUT2D eigenvalue weighted by molar-refractivity contribution is 0.599. The molecular weight excluding hydrogens is 342 g/mol. The van der Waals surface area contributed by atoms with E-state index in [4.69, 9.17) is 5.73 Å². The number of nitrogens with zero attached hydrogens (tertiary/aromatic N) is 3. The van der Waals surface area contributed by atoms with Crippen LogP contribution in [0.4, 0.5) is 10.9 Å². The van der Waals surface area contributed by atoms with E-state index >= 15 is 0 Å². The number of hydrogen-bond donors (Lipinski definition) is 2. The van der Waals surface area contributed by atoms with Gasteiger partial charge in [0.25, 0.3) is 14.4 Å². The van der Waals surface area contributed by atoms with Gasteiger partial charge in [-0.15, -0.1) is 10.2 Å². The quantitative estimate of drug-likeness (QED) is 0.865. The van der Waals surface area contributed by atoms with E-state index in [1.165, 1.54) is 6.20 Å². The van der Waals surface area contributed by atoms with Gasteiger partial charge in [0.1, 0.15) is 5.82 Å². The molecule has 0 atom stereocenters. The molecule has 0 aliphatic carbocycles. The summed E-state index contributed by atoms with van der Waals surface area (Å²) >= 11 is 4.04. The number of nitrogens with one attached hydrogen (secondary N) is 1. The van der Waals surface area contributed by atoms with Gasteiger partial charge >= 0.3 is 0 Å². The first kappa shape index (κ1) is 13.2. The van der Waals surface area contributed by atoms with Crippen LogP contribution in [0.1, 0.15) is 5.56 Å². The zero-order valence-electron chi connectivity index (χ0n) is 9.08. The van der Waals surface area contributed by atoms with Crippen molar-refractivity contribution in [2.75, 3.05) is 10.5 Å². The molecule has 7 nitrogen and oxygen atoms in total. The van der Waals surface area contributed by atoms with Crippen molar-refractivity contribution in [3.63, 3.8) is 0 Å². The van der Waals surface area contributed by atoms with Crippen LogP contribution in [-0.2, 0) is 10.0 Å². The van der Waals surface area contributed by atoms with Gasteiger partial charge in [0.15, 0.2) is 0 Å². The summed E-state index contributed by atoms with van der Waals surface area (Å²) in [7, 11) is -3.79. The van der Waals surface area contributed by atoms with Crippen LogP contribution in [0.25, 0.3) is 0 Å². The largest absolute Gasteiger partial charge is 0.374 e. The van der Waals surface area contributed by atoms with Crippen molar-refractivity contribution in [2.45, 2.75) is 11.3 Å². The van der Waals surface area contributed by atoms with Gasteiger partial charge in [-0.2, -0.15) is 8.42 Å². The first-order valence-electron chi connectivity index (χ1n) is 4.62. The molecule has 0 radical (unpaired) electrons. The first-order chi connectivity index (χ1) is 8.38. The maximum absolute atomic E-state index is 11.9. The van der Waals surface area contributed by atoms with E-state index in [0.29, 0.717) is 5.56 Å². The van der Waals surface area contributed by atoms with E-state index < -0.39 is 10.0 Å². The van der Waals surface area contributed by atoms with Crippen LogP contribution >= 0.6 is 27.3 Å². The van der Waals surface area contributed by atoms with E-state index in [0.717, 1.165) is 15.8 Å². The van der Waals surface area contributed by atoms with Gasteiger partial charge in [0, 0.05) is 10.7 Å². The molecule has 0 amide bonds. The Bertz CT molecular complexity index is 685. The van der Waals surface area contributed by atoms with Gasteiger partial charge in [-0.1, -0.05) is 11.3 Å². The Morgan fingerprint density at radius 2 is 2.17 bits per heavy atom. The molecule has 0 saturated carbocycles. The Morgan fingerprint density at radius 1 is 1.44 bits per heavy atom. The third-order valence-electron chi connectivity index (χ3n) is 1.93. The second-order valence-corrected chi connectivity index (χ2v) is 7.11. The number of pyridine rings is 1. The molecular formula is C8H8BrN5O2S2. The molecule has 0 aliphatic rings. The average Bonchev–Trinajstić information content (AvgIpc) is 2.70. The van der Waals surface area contributed by atoms with Crippen LogP contribution in [0.15, 0.2) is 21.1 Å². The predicted octanol–water partition coefficient (Wildman–Crippen LogP) is 1.39. The average molecular weight is 350 g/mol. The van der Waals surface area contributed by atoms with E-state index in [1.54, 1.807) is 13.0 Å². The zero-order valence-corrected chi connectivity index (χ0v) is 12.3. The van der Waals surface area contributed by atoms with Crippen molar-refractivity contribution in [3.05, 3.63) is 22.3 Å². The molecule has 96 valence electrons. The highest BCUT2D eigenvalue weighted by molar-refractivity contribution is 9.10. The molecule has 2 heterocycles. The lowest BCUT2D eigenvalue weighted by Crippen LogP contribution is -2.14. The van der Waals surface area contributed by atoms with E-state index in [1.807, 2.05) is 0 Å². The second-order valence-electron chi connectivity index (χ2n) is 3.33. The van der Waals surface area contributed by atoms with Gasteiger partial charge in [-0.05, 0) is 34.5 Å². The van der Waals surface area contributed by atoms with E-state index in [2.05, 4.69) is 35.8 Å². The molecule has 2 aromatic heterocycles. The molecule has 2 rings (SSSR count). The summed E-state index contributed by atoms with van der Waals surface area (Å²) in [5.74, 6) is 0.243. The minimum atomic E-state index is -3.79. The molecule has 2 aromatic rings. The summed E-state index contributed by atoms with van der Waals surface area (Å²) in [4.78, 5) is 3.98. The maximum Gasteiger partial charge on any atom is 0.292 e. The van der Waals surface area contributed by atoms with E-state index in [9.17, 15) is 8.42 Å². The summed E-state index contributed by atoms with van der Waals surface area (Å²) in [6.45, 7) is 1.74. The topological polar surface area (TPSA) is 111 Å². The SMILES string of the molecule is Cc1cc(Br)cnc1NS(=O)(=O)c1nnc(N)s1. The summed E-state index contributed by atoms with van der Waals surface area (Å²) in [6, 6.07) is 1.75. The Balaban J connectivity index is 2.33. The van der Waals surface area contributed by atoms with Gasteiger partial charge in [-0.3, -0.25) is 4.72 Å². The van der Waals surface area contributed by atoms with Crippen molar-refractivity contribution in [1.29, 1.82) is 0 Å². The molecule has 0 saturated heterocycles. The number of aromatic nitrogens is 3. The third-order valence-corrected chi connectivity index (χ3v) is 4.82. The highest BCUT2D eigenvalue weighted by atomic mass is 79.9. The lowest BCUT2D eigenvalue weighted by atomic mass is 10.3. The van der Waals surface area contributed by atoms with Crippen LogP contribution in [0.2, 0.25) is 0 Å². The standard InChI is InChI=1S/C8H8BrN5O2S2/c1-4-2-5(9)3-11-6(4)14-18(15,16)8-13-12-7(10)17-8/h2-3H,1H3,(H2,10,12)(H,11,14). The fourth-order valence-electron chi connectivity index (χ4n) is 1.15. The monoisotopic (exact) mass is 349 g/mol. The zero-order chi connectivity index (χ0) is 13.3. The Morgan fingerprint density at radius 3 is 2.72 bits per heavy atom. The number of anilines is 2. The number of hydrogen-bond acceptors (Lipinski definition) is 7. The van der Waals surface area contributed by atoms with Crippen LogP contribution in [0.3, 0.4) is 0 Å². The number of nitrogens with two attached hydrogens (primary N) is 1. The van der Waals surface area contributed by atoms with Crippen molar-refractivity contribution in [2.24, 2.45) is 0 Å². The molecule has 18 heavy (non-hydrogen) atoms. The maximum atomic E-state index is 11.9. The molecule has 0 aromatic carbocycles. The lowest BCUT2D eigenvalue weighted by Gasteiger charge is -2.07. The molecule has 0 spiro atoms. The Labute approximate surface area is 116 Å². The van der Waals surface area contributed by atoms with Crippen LogP contribution in [0.5, 0.6) is 0 Å². The number of halogens is 1. The summed E-state index contributed by atoms with van der Waals surface area (Å²) in [5.41, 5.74) is 6.03. The Kier molecular flexibility index (Phi) is 3.50. The summed E-state index contributed by atoms with van der Waals surface area (Å²) < 4.78 is 26.8. The van der Waals surface area contributed by atoms with Crippen LogP contribution in [-0.4, -0.2) is 23.6 Å². The highest BCUT2D eigenvalue weighted by Crippen LogP contribution is 2.22. The minimum Gasteiger partial charge on any atom is -0.374 e. The fraction of sp³-hybridized carbons (Fsp3) is 0.125. The second kappa shape index (κ2) is 4.78. The molecule has 0 bridgehead atoms. The van der Waals surface area contributed by atoms with Gasteiger partial charge < -0.3 is 5.73 Å².